The molecule has 0 heterocycles. The summed E-state index contributed by atoms with van der Waals surface area (Å²) < 4.78 is 16.7. The molecule has 3 rings (SSSR count). The molecule has 1 saturated carbocycles. The van der Waals surface area contributed by atoms with Gasteiger partial charge in [-0.15, -0.1) is 0 Å². The summed E-state index contributed by atoms with van der Waals surface area (Å²) in [5.74, 6) is 1.66. The summed E-state index contributed by atoms with van der Waals surface area (Å²) in [6.45, 7) is 3.17. The van der Waals surface area contributed by atoms with Crippen LogP contribution < -0.4 is 19.5 Å². The number of carbonyl (C=O) groups is 2. The molecule has 1 fully saturated rings. The number of carbonyl (C=O) groups excluding carboxylic acids is 2. The number of unbranched alkanes of at least 4 members (excludes halogenated alkanes) is 3. The van der Waals surface area contributed by atoms with Gasteiger partial charge in [0.05, 0.1) is 13.7 Å². The molecule has 0 aliphatic heterocycles. The summed E-state index contributed by atoms with van der Waals surface area (Å²) in [7, 11) is 1.56. The van der Waals surface area contributed by atoms with Gasteiger partial charge in [-0.25, -0.2) is 0 Å². The highest BCUT2D eigenvalue weighted by Crippen LogP contribution is 2.29. The van der Waals surface area contributed by atoms with Crippen molar-refractivity contribution < 1.29 is 23.8 Å². The molecule has 34 heavy (non-hydrogen) atoms. The molecule has 0 spiro atoms. The van der Waals surface area contributed by atoms with Gasteiger partial charge in [0.2, 0.25) is 5.91 Å². The van der Waals surface area contributed by atoms with E-state index in [0.717, 1.165) is 25.0 Å². The fourth-order valence-corrected chi connectivity index (χ4v) is 3.66. The van der Waals surface area contributed by atoms with Crippen LogP contribution in [0.3, 0.4) is 0 Å². The standard InChI is InChI=1S/C27H36N2O5/c1-3-4-5-8-19-33-23-15-11-21(12-16-23)28-26(30)17-18-29(22-13-14-22)27(31)20-34-25-10-7-6-9-24(25)32-2/h6-7,9-12,15-16,22H,3-5,8,13-14,17-20H2,1-2H3,(H,28,30). The van der Waals surface area contributed by atoms with E-state index in [4.69, 9.17) is 14.2 Å². The lowest BCUT2D eigenvalue weighted by molar-refractivity contribution is -0.134. The van der Waals surface area contributed by atoms with E-state index in [9.17, 15) is 9.59 Å². The lowest BCUT2D eigenvalue weighted by atomic mass is 10.2. The van der Waals surface area contributed by atoms with Crippen molar-refractivity contribution in [2.45, 2.75) is 57.9 Å². The maximum absolute atomic E-state index is 12.8. The average molecular weight is 469 g/mol. The molecular formula is C27H36N2O5. The molecule has 1 N–H and O–H groups in total. The zero-order chi connectivity index (χ0) is 24.2. The third kappa shape index (κ3) is 8.28. The quantitative estimate of drug-likeness (QED) is 0.370. The van der Waals surface area contributed by atoms with Crippen molar-refractivity contribution in [3.63, 3.8) is 0 Å². The summed E-state index contributed by atoms with van der Waals surface area (Å²) >= 11 is 0. The molecule has 0 unspecified atom stereocenters. The van der Waals surface area contributed by atoms with Gasteiger partial charge in [-0.3, -0.25) is 9.59 Å². The molecule has 2 aromatic carbocycles. The maximum atomic E-state index is 12.8. The smallest absolute Gasteiger partial charge is 0.260 e. The Morgan fingerprint density at radius 1 is 0.971 bits per heavy atom. The molecule has 2 aromatic rings. The van der Waals surface area contributed by atoms with E-state index in [2.05, 4.69) is 12.2 Å². The third-order valence-corrected chi connectivity index (χ3v) is 5.71. The van der Waals surface area contributed by atoms with Crippen LogP contribution in [-0.4, -0.2) is 49.6 Å². The van der Waals surface area contributed by atoms with Gasteiger partial charge in [0.1, 0.15) is 5.75 Å². The Morgan fingerprint density at radius 3 is 2.38 bits per heavy atom. The first kappa shape index (κ1) is 25.4. The van der Waals surface area contributed by atoms with E-state index in [1.807, 2.05) is 36.4 Å². The number of para-hydroxylation sites is 2. The number of methoxy groups -OCH3 is 1. The minimum atomic E-state index is -0.127. The van der Waals surface area contributed by atoms with Crippen molar-refractivity contribution in [3.8, 4) is 17.2 Å². The Morgan fingerprint density at radius 2 is 1.71 bits per heavy atom. The number of amides is 2. The average Bonchev–Trinajstić information content (AvgIpc) is 3.69. The lowest BCUT2D eigenvalue weighted by Crippen LogP contribution is -2.38. The van der Waals surface area contributed by atoms with Crippen LogP contribution in [0.1, 0.15) is 51.9 Å². The Hall–Kier alpha value is -3.22. The molecule has 7 heteroatoms. The van der Waals surface area contributed by atoms with Gasteiger partial charge >= 0.3 is 0 Å². The van der Waals surface area contributed by atoms with E-state index in [-0.39, 0.29) is 30.9 Å². The van der Waals surface area contributed by atoms with Crippen molar-refractivity contribution >= 4 is 17.5 Å². The first-order chi connectivity index (χ1) is 16.6. The highest BCUT2D eigenvalue weighted by Gasteiger charge is 2.32. The predicted molar refractivity (Wildman–Crippen MR) is 133 cm³/mol. The van der Waals surface area contributed by atoms with E-state index < -0.39 is 0 Å². The fraction of sp³-hybridized carbons (Fsp3) is 0.481. The molecule has 0 bridgehead atoms. The highest BCUT2D eigenvalue weighted by atomic mass is 16.5. The summed E-state index contributed by atoms with van der Waals surface area (Å²) in [4.78, 5) is 27.0. The zero-order valence-electron chi connectivity index (χ0n) is 20.3. The fourth-order valence-electron chi connectivity index (χ4n) is 3.66. The van der Waals surface area contributed by atoms with E-state index >= 15 is 0 Å². The Labute approximate surface area is 202 Å². The summed E-state index contributed by atoms with van der Waals surface area (Å²) in [6.07, 6.45) is 6.81. The van der Waals surface area contributed by atoms with Gasteiger partial charge in [0, 0.05) is 24.7 Å². The second-order valence-electron chi connectivity index (χ2n) is 8.49. The third-order valence-electron chi connectivity index (χ3n) is 5.71. The van der Waals surface area contributed by atoms with E-state index in [1.165, 1.54) is 19.3 Å². The number of ether oxygens (including phenoxy) is 3. The maximum Gasteiger partial charge on any atom is 0.260 e. The van der Waals surface area contributed by atoms with Gasteiger partial charge in [-0.1, -0.05) is 38.3 Å². The first-order valence-electron chi connectivity index (χ1n) is 12.2. The van der Waals surface area contributed by atoms with Crippen molar-refractivity contribution in [1.82, 2.24) is 4.90 Å². The first-order valence-corrected chi connectivity index (χ1v) is 12.2. The lowest BCUT2D eigenvalue weighted by Gasteiger charge is -2.22. The molecule has 2 amide bonds. The molecular weight excluding hydrogens is 432 g/mol. The van der Waals surface area contributed by atoms with E-state index in [1.54, 1.807) is 24.1 Å². The summed E-state index contributed by atoms with van der Waals surface area (Å²) in [6, 6.07) is 14.8. The second-order valence-corrected chi connectivity index (χ2v) is 8.49. The number of benzene rings is 2. The van der Waals surface area contributed by atoms with Crippen molar-refractivity contribution in [3.05, 3.63) is 48.5 Å². The molecule has 0 atom stereocenters. The number of hydrogen-bond donors (Lipinski definition) is 1. The van der Waals surface area contributed by atoms with Crippen molar-refractivity contribution in [1.29, 1.82) is 0 Å². The largest absolute Gasteiger partial charge is 0.494 e. The normalized spacial score (nSPS) is 12.6. The SMILES string of the molecule is CCCCCCOc1ccc(NC(=O)CCN(C(=O)COc2ccccc2OC)C2CC2)cc1. The molecule has 184 valence electrons. The topological polar surface area (TPSA) is 77.1 Å². The van der Waals surface area contributed by atoms with Gasteiger partial charge < -0.3 is 24.4 Å². The number of nitrogens with one attached hydrogen (secondary N) is 1. The van der Waals surface area contributed by atoms with Gasteiger partial charge in [0.15, 0.2) is 18.1 Å². The number of rotatable bonds is 15. The predicted octanol–water partition coefficient (Wildman–Crippen LogP) is 5.05. The van der Waals surface area contributed by atoms with Crippen LogP contribution in [0.5, 0.6) is 17.2 Å². The van der Waals surface area contributed by atoms with Crippen LogP contribution >= 0.6 is 0 Å². The molecule has 0 saturated heterocycles. The van der Waals surface area contributed by atoms with Crippen LogP contribution in [-0.2, 0) is 9.59 Å². The van der Waals surface area contributed by atoms with Crippen molar-refractivity contribution in [2.75, 3.05) is 32.2 Å². The zero-order valence-corrected chi connectivity index (χ0v) is 20.3. The Bertz CT molecular complexity index is 911. The van der Waals surface area contributed by atoms with Crippen LogP contribution in [0.25, 0.3) is 0 Å². The van der Waals surface area contributed by atoms with E-state index in [0.29, 0.717) is 30.3 Å². The minimum Gasteiger partial charge on any atom is -0.494 e. The summed E-state index contributed by atoms with van der Waals surface area (Å²) in [5, 5.41) is 2.90. The van der Waals surface area contributed by atoms with Crippen LogP contribution in [0.4, 0.5) is 5.69 Å². The van der Waals surface area contributed by atoms with Crippen molar-refractivity contribution in [2.24, 2.45) is 0 Å². The molecule has 7 nitrogen and oxygen atoms in total. The van der Waals surface area contributed by atoms with Crippen LogP contribution in [0, 0.1) is 0 Å². The summed E-state index contributed by atoms with van der Waals surface area (Å²) in [5.41, 5.74) is 0.715. The van der Waals surface area contributed by atoms with Gasteiger partial charge in [-0.2, -0.15) is 0 Å². The second kappa shape index (κ2) is 13.5. The monoisotopic (exact) mass is 468 g/mol. The molecule has 1 aliphatic rings. The molecule has 0 radical (unpaired) electrons. The highest BCUT2D eigenvalue weighted by molar-refractivity contribution is 5.91. The number of anilines is 1. The number of hydrogen-bond acceptors (Lipinski definition) is 5. The van der Waals surface area contributed by atoms with Crippen LogP contribution in [0.15, 0.2) is 48.5 Å². The Kier molecular flexibility index (Phi) is 10.1. The minimum absolute atomic E-state index is 0.0849. The van der Waals surface area contributed by atoms with Gasteiger partial charge in [0.25, 0.3) is 5.91 Å². The Balaban J connectivity index is 1.41. The van der Waals surface area contributed by atoms with Crippen LogP contribution in [0.2, 0.25) is 0 Å². The number of nitrogens with zero attached hydrogens (tertiary/aromatic N) is 1. The molecule has 0 aromatic heterocycles. The van der Waals surface area contributed by atoms with Gasteiger partial charge in [-0.05, 0) is 55.7 Å². The molecule has 1 aliphatic carbocycles.